The van der Waals surface area contributed by atoms with Crippen LogP contribution in [0.25, 0.3) is 10.2 Å². The van der Waals surface area contributed by atoms with Crippen molar-refractivity contribution in [2.24, 2.45) is 5.92 Å². The van der Waals surface area contributed by atoms with Crippen LogP contribution in [0.3, 0.4) is 0 Å². The molecule has 2 aromatic heterocycles. The predicted molar refractivity (Wildman–Crippen MR) is 84.0 cm³/mol. The Labute approximate surface area is 122 Å². The average Bonchev–Trinajstić information content (AvgIpc) is 2.74. The first-order valence-electron chi connectivity index (χ1n) is 6.89. The van der Waals surface area contributed by atoms with Crippen molar-refractivity contribution in [3.63, 3.8) is 0 Å². The van der Waals surface area contributed by atoms with E-state index >= 15 is 0 Å². The average molecular weight is 293 g/mol. The fourth-order valence-electron chi connectivity index (χ4n) is 2.62. The number of aryl methyl sites for hydroxylation is 1. The monoisotopic (exact) mass is 293 g/mol. The van der Waals surface area contributed by atoms with E-state index in [1.54, 1.807) is 11.8 Å². The van der Waals surface area contributed by atoms with Crippen molar-refractivity contribution in [1.29, 1.82) is 0 Å². The maximum atomic E-state index is 6.18. The van der Waals surface area contributed by atoms with Gasteiger partial charge in [0.05, 0.1) is 5.39 Å². The Morgan fingerprint density at radius 1 is 1.42 bits per heavy atom. The Bertz CT molecular complexity index is 606. The molecule has 0 radical (unpaired) electrons. The zero-order chi connectivity index (χ0) is 13.4. The summed E-state index contributed by atoms with van der Waals surface area (Å²) in [6.45, 7) is 4.48. The summed E-state index contributed by atoms with van der Waals surface area (Å²) in [7, 11) is 0. The molecule has 19 heavy (non-hydrogen) atoms. The van der Waals surface area contributed by atoms with Gasteiger partial charge in [0, 0.05) is 10.6 Å². The van der Waals surface area contributed by atoms with Crippen molar-refractivity contribution in [1.82, 2.24) is 9.97 Å². The molecular weight excluding hydrogens is 274 g/mol. The lowest BCUT2D eigenvalue weighted by Crippen LogP contribution is -2.09. The number of aromatic nitrogens is 2. The van der Waals surface area contributed by atoms with Crippen LogP contribution in [0.1, 0.15) is 37.1 Å². The quantitative estimate of drug-likeness (QED) is 0.689. The van der Waals surface area contributed by atoms with Crippen LogP contribution < -0.4 is 5.73 Å². The summed E-state index contributed by atoms with van der Waals surface area (Å²) in [5.74, 6) is 2.47. The van der Waals surface area contributed by atoms with E-state index in [9.17, 15) is 0 Å². The van der Waals surface area contributed by atoms with E-state index in [0.717, 1.165) is 39.9 Å². The van der Waals surface area contributed by atoms with Gasteiger partial charge >= 0.3 is 0 Å². The number of fused-ring (bicyclic) bond motifs is 3. The smallest absolute Gasteiger partial charge is 0.190 e. The Balaban J connectivity index is 2.07. The van der Waals surface area contributed by atoms with Crippen LogP contribution in [0, 0.1) is 5.92 Å². The fourth-order valence-corrected chi connectivity index (χ4v) is 4.60. The number of nitrogen functional groups attached to an aromatic ring is 1. The second-order valence-corrected chi connectivity index (χ2v) is 7.42. The number of nitrogens with two attached hydrogens (primary N) is 1. The van der Waals surface area contributed by atoms with Crippen molar-refractivity contribution in [2.75, 3.05) is 11.5 Å². The first-order chi connectivity index (χ1) is 9.19. The summed E-state index contributed by atoms with van der Waals surface area (Å²) in [6, 6.07) is 0. The van der Waals surface area contributed by atoms with Crippen LogP contribution in [0.5, 0.6) is 0 Å². The molecular formula is C14H19N3S2. The van der Waals surface area contributed by atoms with E-state index < -0.39 is 0 Å². The molecule has 102 valence electrons. The Hall–Kier alpha value is -0.810. The molecule has 0 aromatic carbocycles. The third kappa shape index (κ3) is 2.46. The van der Waals surface area contributed by atoms with Crippen molar-refractivity contribution in [3.05, 3.63) is 10.4 Å². The molecule has 5 heteroatoms. The van der Waals surface area contributed by atoms with Gasteiger partial charge in [-0.2, -0.15) is 0 Å². The molecule has 0 aliphatic heterocycles. The number of nitrogens with zero attached hydrogens (tertiary/aromatic N) is 2. The zero-order valence-corrected chi connectivity index (χ0v) is 13.0. The molecule has 1 unspecified atom stereocenters. The van der Waals surface area contributed by atoms with Crippen molar-refractivity contribution in [2.45, 2.75) is 44.7 Å². The van der Waals surface area contributed by atoms with Gasteiger partial charge in [0.25, 0.3) is 0 Å². The van der Waals surface area contributed by atoms with E-state index in [2.05, 4.69) is 18.8 Å². The normalized spacial score (nSPS) is 18.7. The third-order valence-electron chi connectivity index (χ3n) is 3.59. The Kier molecular flexibility index (Phi) is 3.67. The molecule has 0 saturated heterocycles. The van der Waals surface area contributed by atoms with Crippen LogP contribution in [0.2, 0.25) is 0 Å². The van der Waals surface area contributed by atoms with E-state index in [1.807, 2.05) is 11.3 Å². The highest BCUT2D eigenvalue weighted by atomic mass is 32.2. The van der Waals surface area contributed by atoms with Crippen LogP contribution in [-0.4, -0.2) is 15.7 Å². The summed E-state index contributed by atoms with van der Waals surface area (Å²) in [5.41, 5.74) is 7.60. The van der Waals surface area contributed by atoms with Crippen LogP contribution in [-0.2, 0) is 12.8 Å². The lowest BCUT2D eigenvalue weighted by molar-refractivity contribution is 0.508. The van der Waals surface area contributed by atoms with Gasteiger partial charge in [-0.05, 0) is 37.2 Å². The van der Waals surface area contributed by atoms with Crippen molar-refractivity contribution in [3.8, 4) is 0 Å². The summed E-state index contributed by atoms with van der Waals surface area (Å²) in [4.78, 5) is 11.7. The highest BCUT2D eigenvalue weighted by Gasteiger charge is 2.23. The molecule has 0 saturated carbocycles. The topological polar surface area (TPSA) is 51.8 Å². The predicted octanol–water partition coefficient (Wildman–Crippen LogP) is 3.90. The molecule has 2 N–H and O–H groups in total. The van der Waals surface area contributed by atoms with E-state index in [1.165, 1.54) is 23.3 Å². The molecule has 2 aromatic rings. The summed E-state index contributed by atoms with van der Waals surface area (Å²) >= 11 is 3.52. The first kappa shape index (κ1) is 13.2. The molecule has 3 nitrogen and oxygen atoms in total. The third-order valence-corrected chi connectivity index (χ3v) is 5.83. The van der Waals surface area contributed by atoms with Crippen LogP contribution >= 0.6 is 23.1 Å². The van der Waals surface area contributed by atoms with E-state index in [4.69, 9.17) is 10.7 Å². The standard InChI is InChI=1S/C14H19N3S2/c1-3-6-18-14-16-12(15)11-9-7-8(2)4-5-10(9)19-13(11)17-14/h8H,3-7H2,1-2H3,(H2,15,16,17). The highest BCUT2D eigenvalue weighted by molar-refractivity contribution is 7.99. The largest absolute Gasteiger partial charge is 0.383 e. The summed E-state index contributed by atoms with van der Waals surface area (Å²) < 4.78 is 0. The van der Waals surface area contributed by atoms with Gasteiger partial charge < -0.3 is 5.73 Å². The van der Waals surface area contributed by atoms with Crippen molar-refractivity contribution >= 4 is 39.1 Å². The zero-order valence-electron chi connectivity index (χ0n) is 11.4. The second kappa shape index (κ2) is 5.29. The van der Waals surface area contributed by atoms with Gasteiger partial charge in [0.15, 0.2) is 5.16 Å². The molecule has 1 atom stereocenters. The minimum absolute atomic E-state index is 0.676. The van der Waals surface area contributed by atoms with Crippen LogP contribution in [0.15, 0.2) is 5.16 Å². The van der Waals surface area contributed by atoms with Gasteiger partial charge in [0.2, 0.25) is 0 Å². The van der Waals surface area contributed by atoms with E-state index in [-0.39, 0.29) is 0 Å². The molecule has 3 rings (SSSR count). The Morgan fingerprint density at radius 3 is 3.05 bits per heavy atom. The summed E-state index contributed by atoms with van der Waals surface area (Å²) in [6.07, 6.45) is 4.72. The lowest BCUT2D eigenvalue weighted by atomic mass is 9.89. The van der Waals surface area contributed by atoms with Crippen molar-refractivity contribution < 1.29 is 0 Å². The number of anilines is 1. The van der Waals surface area contributed by atoms with Gasteiger partial charge in [0.1, 0.15) is 10.6 Å². The molecule has 0 amide bonds. The number of rotatable bonds is 3. The van der Waals surface area contributed by atoms with Crippen LogP contribution in [0.4, 0.5) is 5.82 Å². The SMILES string of the molecule is CCCSc1nc(N)c2c3c(sc2n1)CCC(C)C3. The maximum Gasteiger partial charge on any atom is 0.190 e. The number of hydrogen-bond acceptors (Lipinski definition) is 5. The van der Waals surface area contributed by atoms with Gasteiger partial charge in [-0.1, -0.05) is 25.6 Å². The molecule has 1 aliphatic rings. The number of thiophene rings is 1. The van der Waals surface area contributed by atoms with Gasteiger partial charge in [-0.25, -0.2) is 9.97 Å². The molecule has 0 fully saturated rings. The Morgan fingerprint density at radius 2 is 2.26 bits per heavy atom. The number of hydrogen-bond donors (Lipinski definition) is 1. The minimum atomic E-state index is 0.676. The number of thioether (sulfide) groups is 1. The first-order valence-corrected chi connectivity index (χ1v) is 8.69. The second-order valence-electron chi connectivity index (χ2n) is 5.27. The molecule has 0 spiro atoms. The molecule has 1 aliphatic carbocycles. The molecule has 2 heterocycles. The lowest BCUT2D eigenvalue weighted by Gasteiger charge is -2.18. The van der Waals surface area contributed by atoms with Gasteiger partial charge in [-0.15, -0.1) is 11.3 Å². The highest BCUT2D eigenvalue weighted by Crippen LogP contribution is 2.39. The summed E-state index contributed by atoms with van der Waals surface area (Å²) in [5, 5.41) is 1.96. The fraction of sp³-hybridized carbons (Fsp3) is 0.571. The van der Waals surface area contributed by atoms with E-state index in [0.29, 0.717) is 5.82 Å². The minimum Gasteiger partial charge on any atom is -0.383 e. The molecule has 0 bridgehead atoms. The van der Waals surface area contributed by atoms with Gasteiger partial charge in [-0.3, -0.25) is 0 Å². The maximum absolute atomic E-state index is 6.18.